The predicted molar refractivity (Wildman–Crippen MR) is 67.4 cm³/mol. The minimum Gasteiger partial charge on any atom is -0.496 e. The second-order valence-corrected chi connectivity index (χ2v) is 4.20. The predicted octanol–water partition coefficient (Wildman–Crippen LogP) is 3.91. The van der Waals surface area contributed by atoms with Crippen molar-refractivity contribution in [3.05, 3.63) is 34.2 Å². The third-order valence-corrected chi connectivity index (χ3v) is 3.24. The minimum absolute atomic E-state index is 0.0672. The first-order valence-corrected chi connectivity index (χ1v) is 5.79. The summed E-state index contributed by atoms with van der Waals surface area (Å²) in [6, 6.07) is 2.95. The molecule has 2 nitrogen and oxygen atoms in total. The lowest BCUT2D eigenvalue weighted by atomic mass is 10.1. The van der Waals surface area contributed by atoms with Crippen LogP contribution in [0.25, 0.3) is 10.9 Å². The summed E-state index contributed by atoms with van der Waals surface area (Å²) >= 11 is 5.98. The first kappa shape index (κ1) is 12.1. The number of nitrogens with zero attached hydrogens (tertiary/aromatic N) is 1. The molecular weight excluding hydrogens is 241 g/mol. The van der Waals surface area contributed by atoms with Gasteiger partial charge in [0.05, 0.1) is 23.0 Å². The Morgan fingerprint density at radius 2 is 2.12 bits per heavy atom. The number of ether oxygens (including phenoxy) is 1. The zero-order valence-corrected chi connectivity index (χ0v) is 10.7. The molecule has 4 heteroatoms. The van der Waals surface area contributed by atoms with Gasteiger partial charge in [-0.1, -0.05) is 18.5 Å². The average Bonchev–Trinajstić information content (AvgIpc) is 2.34. The lowest BCUT2D eigenvalue weighted by Crippen LogP contribution is -1.99. The fraction of sp³-hybridized carbons (Fsp3) is 0.308. The Hall–Kier alpha value is -1.35. The smallest absolute Gasteiger partial charge is 0.142 e. The van der Waals surface area contributed by atoms with E-state index in [0.717, 1.165) is 17.7 Å². The highest BCUT2D eigenvalue weighted by molar-refractivity contribution is 6.36. The molecule has 1 heterocycles. The van der Waals surface area contributed by atoms with E-state index in [1.54, 1.807) is 13.2 Å². The number of hydrogen-bond donors (Lipinski definition) is 0. The summed E-state index contributed by atoms with van der Waals surface area (Å²) in [5, 5.41) is 0.612. The molecule has 2 aromatic rings. The van der Waals surface area contributed by atoms with Crippen LogP contribution in [0.1, 0.15) is 18.2 Å². The number of methoxy groups -OCH3 is 1. The van der Waals surface area contributed by atoms with E-state index in [9.17, 15) is 4.39 Å². The fourth-order valence-electron chi connectivity index (χ4n) is 2.00. The van der Waals surface area contributed by atoms with E-state index in [-0.39, 0.29) is 5.02 Å². The van der Waals surface area contributed by atoms with Crippen LogP contribution in [-0.2, 0) is 6.42 Å². The Labute approximate surface area is 104 Å². The maximum absolute atomic E-state index is 13.5. The molecule has 17 heavy (non-hydrogen) atoms. The van der Waals surface area contributed by atoms with Crippen molar-refractivity contribution in [1.29, 1.82) is 0 Å². The molecule has 0 aliphatic heterocycles. The van der Waals surface area contributed by atoms with Crippen molar-refractivity contribution in [2.24, 2.45) is 0 Å². The molecule has 0 N–H and O–H groups in total. The van der Waals surface area contributed by atoms with Gasteiger partial charge in [-0.25, -0.2) is 4.39 Å². The second-order valence-electron chi connectivity index (χ2n) is 3.83. The van der Waals surface area contributed by atoms with Crippen LogP contribution in [0.15, 0.2) is 12.1 Å². The Balaban J connectivity index is 2.94. The van der Waals surface area contributed by atoms with Gasteiger partial charge in [-0.05, 0) is 25.5 Å². The van der Waals surface area contributed by atoms with Crippen LogP contribution in [-0.4, -0.2) is 12.1 Å². The van der Waals surface area contributed by atoms with E-state index >= 15 is 0 Å². The van der Waals surface area contributed by atoms with Gasteiger partial charge in [-0.15, -0.1) is 0 Å². The molecule has 0 bridgehead atoms. The van der Waals surface area contributed by atoms with Crippen molar-refractivity contribution in [2.75, 3.05) is 7.11 Å². The van der Waals surface area contributed by atoms with Crippen LogP contribution in [0.4, 0.5) is 4.39 Å². The summed E-state index contributed by atoms with van der Waals surface area (Å²) in [7, 11) is 1.56. The van der Waals surface area contributed by atoms with Crippen molar-refractivity contribution in [3.63, 3.8) is 0 Å². The first-order valence-electron chi connectivity index (χ1n) is 5.41. The number of rotatable bonds is 2. The van der Waals surface area contributed by atoms with E-state index < -0.39 is 5.82 Å². The molecule has 0 aliphatic rings. The third-order valence-electron chi connectivity index (χ3n) is 2.87. The van der Waals surface area contributed by atoms with Crippen molar-refractivity contribution in [2.45, 2.75) is 20.3 Å². The van der Waals surface area contributed by atoms with Crippen molar-refractivity contribution < 1.29 is 9.13 Å². The van der Waals surface area contributed by atoms with E-state index in [0.29, 0.717) is 16.7 Å². The Morgan fingerprint density at radius 3 is 2.71 bits per heavy atom. The molecule has 0 fully saturated rings. The van der Waals surface area contributed by atoms with E-state index in [4.69, 9.17) is 16.3 Å². The number of halogens is 2. The van der Waals surface area contributed by atoms with Gasteiger partial charge in [0.2, 0.25) is 0 Å². The summed E-state index contributed by atoms with van der Waals surface area (Å²) in [4.78, 5) is 4.47. The maximum atomic E-state index is 13.5. The van der Waals surface area contributed by atoms with Crippen molar-refractivity contribution in [3.8, 4) is 5.75 Å². The minimum atomic E-state index is -0.456. The van der Waals surface area contributed by atoms with Gasteiger partial charge in [0.15, 0.2) is 0 Å². The van der Waals surface area contributed by atoms with E-state index in [1.165, 1.54) is 6.07 Å². The molecule has 0 radical (unpaired) electrons. The Morgan fingerprint density at radius 1 is 1.41 bits per heavy atom. The molecule has 0 spiro atoms. The SMILES string of the molecule is CCc1nc2ccc(F)c(Cl)c2c(OC)c1C. The normalized spacial score (nSPS) is 10.9. The Kier molecular flexibility index (Phi) is 3.20. The fourth-order valence-corrected chi connectivity index (χ4v) is 2.24. The highest BCUT2D eigenvalue weighted by atomic mass is 35.5. The summed E-state index contributed by atoms with van der Waals surface area (Å²) in [5.41, 5.74) is 2.52. The standard InChI is InChI=1S/C13H13ClFNO/c1-4-9-7(2)13(17-3)11-10(16-9)6-5-8(15)12(11)14/h5-6H,4H2,1-3H3. The summed E-state index contributed by atoms with van der Waals surface area (Å²) in [6.45, 7) is 3.93. The molecule has 0 saturated heterocycles. The molecule has 0 saturated carbocycles. The second kappa shape index (κ2) is 4.49. The van der Waals surface area contributed by atoms with Gasteiger partial charge in [-0.3, -0.25) is 4.98 Å². The van der Waals surface area contributed by atoms with E-state index in [2.05, 4.69) is 4.98 Å². The molecule has 1 aromatic carbocycles. The van der Waals surface area contributed by atoms with E-state index in [1.807, 2.05) is 13.8 Å². The Bertz CT molecular complexity index is 583. The third kappa shape index (κ3) is 1.84. The monoisotopic (exact) mass is 253 g/mol. The van der Waals surface area contributed by atoms with Crippen LogP contribution in [0.3, 0.4) is 0 Å². The number of aromatic nitrogens is 1. The van der Waals surface area contributed by atoms with Gasteiger partial charge in [0.25, 0.3) is 0 Å². The van der Waals surface area contributed by atoms with Crippen LogP contribution < -0.4 is 4.74 Å². The quantitative estimate of drug-likeness (QED) is 0.810. The molecule has 1 aromatic heterocycles. The van der Waals surface area contributed by atoms with Crippen molar-refractivity contribution in [1.82, 2.24) is 4.98 Å². The topological polar surface area (TPSA) is 22.1 Å². The van der Waals surface area contributed by atoms with Gasteiger partial charge < -0.3 is 4.74 Å². The molecule has 0 aliphatic carbocycles. The number of fused-ring (bicyclic) bond motifs is 1. The molecule has 0 amide bonds. The highest BCUT2D eigenvalue weighted by Crippen LogP contribution is 2.36. The van der Waals surface area contributed by atoms with Gasteiger partial charge in [-0.2, -0.15) is 0 Å². The van der Waals surface area contributed by atoms with Crippen LogP contribution >= 0.6 is 11.6 Å². The summed E-state index contributed by atoms with van der Waals surface area (Å²) in [6.07, 6.45) is 0.799. The van der Waals surface area contributed by atoms with Crippen molar-refractivity contribution >= 4 is 22.5 Å². The van der Waals surface area contributed by atoms with Crippen LogP contribution in [0.2, 0.25) is 5.02 Å². The number of aryl methyl sites for hydroxylation is 1. The lowest BCUT2D eigenvalue weighted by molar-refractivity contribution is 0.415. The molecule has 90 valence electrons. The number of hydrogen-bond acceptors (Lipinski definition) is 2. The summed E-state index contributed by atoms with van der Waals surface area (Å²) < 4.78 is 18.8. The zero-order valence-electron chi connectivity index (χ0n) is 9.97. The van der Waals surface area contributed by atoms with Gasteiger partial charge in [0.1, 0.15) is 11.6 Å². The number of pyridine rings is 1. The molecular formula is C13H13ClFNO. The lowest BCUT2D eigenvalue weighted by Gasteiger charge is -2.13. The highest BCUT2D eigenvalue weighted by Gasteiger charge is 2.16. The van der Waals surface area contributed by atoms with Crippen LogP contribution in [0, 0.1) is 12.7 Å². The summed E-state index contributed by atoms with van der Waals surface area (Å²) in [5.74, 6) is 0.152. The largest absolute Gasteiger partial charge is 0.496 e. The molecule has 2 rings (SSSR count). The number of benzene rings is 1. The molecule has 0 atom stereocenters. The van der Waals surface area contributed by atoms with Crippen LogP contribution in [0.5, 0.6) is 5.75 Å². The van der Waals surface area contributed by atoms with Gasteiger partial charge in [0, 0.05) is 11.3 Å². The maximum Gasteiger partial charge on any atom is 0.142 e. The average molecular weight is 254 g/mol. The zero-order chi connectivity index (χ0) is 12.6. The van der Waals surface area contributed by atoms with Gasteiger partial charge >= 0.3 is 0 Å². The first-order chi connectivity index (χ1) is 8.10. The molecule has 0 unspecified atom stereocenters.